The second-order valence-electron chi connectivity index (χ2n) is 4.27. The third-order valence-electron chi connectivity index (χ3n) is 2.86. The van der Waals surface area contributed by atoms with Gasteiger partial charge in [0, 0.05) is 0 Å². The first-order chi connectivity index (χ1) is 6.47. The van der Waals surface area contributed by atoms with E-state index in [2.05, 4.69) is 0 Å². The van der Waals surface area contributed by atoms with Gasteiger partial charge >= 0.3 is 5.97 Å². The number of aliphatic hydroxyl groups is 1. The highest BCUT2D eigenvalue weighted by molar-refractivity contribution is 5.89. The summed E-state index contributed by atoms with van der Waals surface area (Å²) in [4.78, 5) is 11.0. The van der Waals surface area contributed by atoms with E-state index in [0.717, 1.165) is 19.3 Å². The molecular weight excluding hydrogens is 180 g/mol. The average molecular weight is 198 g/mol. The SMILES string of the molecule is CC(C)=C(C(=O)O)C1(O)CCCCC1. The predicted octanol–water partition coefficient (Wildman–Crippen LogP) is 2.10. The molecule has 0 radical (unpaired) electrons. The van der Waals surface area contributed by atoms with Crippen LogP contribution in [-0.4, -0.2) is 21.8 Å². The molecule has 1 rings (SSSR count). The summed E-state index contributed by atoms with van der Waals surface area (Å²) < 4.78 is 0. The van der Waals surface area contributed by atoms with Crippen LogP contribution in [0, 0.1) is 0 Å². The quantitative estimate of drug-likeness (QED) is 0.668. The second-order valence-corrected chi connectivity index (χ2v) is 4.27. The minimum Gasteiger partial charge on any atom is -0.478 e. The Balaban J connectivity index is 2.98. The van der Waals surface area contributed by atoms with E-state index < -0.39 is 11.6 Å². The van der Waals surface area contributed by atoms with Gasteiger partial charge in [-0.25, -0.2) is 4.79 Å². The largest absolute Gasteiger partial charge is 0.478 e. The van der Waals surface area contributed by atoms with E-state index in [1.54, 1.807) is 13.8 Å². The molecule has 1 aliphatic rings. The van der Waals surface area contributed by atoms with Crippen LogP contribution in [-0.2, 0) is 4.79 Å². The van der Waals surface area contributed by atoms with Crippen molar-refractivity contribution in [1.82, 2.24) is 0 Å². The van der Waals surface area contributed by atoms with Crippen molar-refractivity contribution >= 4 is 5.97 Å². The summed E-state index contributed by atoms with van der Waals surface area (Å²) in [5, 5.41) is 19.3. The minimum absolute atomic E-state index is 0.206. The lowest BCUT2D eigenvalue weighted by atomic mass is 9.78. The number of carboxylic acids is 1. The second kappa shape index (κ2) is 4.13. The summed E-state index contributed by atoms with van der Waals surface area (Å²) in [5.74, 6) is -0.977. The lowest BCUT2D eigenvalue weighted by molar-refractivity contribution is -0.135. The first kappa shape index (κ1) is 11.2. The Hall–Kier alpha value is -0.830. The van der Waals surface area contributed by atoms with Gasteiger partial charge in [-0.2, -0.15) is 0 Å². The maximum absolute atomic E-state index is 11.0. The third kappa shape index (κ3) is 2.15. The maximum atomic E-state index is 11.0. The number of hydrogen-bond donors (Lipinski definition) is 2. The van der Waals surface area contributed by atoms with Crippen LogP contribution in [0.3, 0.4) is 0 Å². The Kier molecular flexibility index (Phi) is 3.32. The van der Waals surface area contributed by atoms with Crippen molar-refractivity contribution in [2.75, 3.05) is 0 Å². The number of carboxylic acid groups (broad SMARTS) is 1. The molecule has 1 fully saturated rings. The van der Waals surface area contributed by atoms with Gasteiger partial charge in [-0.05, 0) is 26.7 Å². The van der Waals surface area contributed by atoms with Gasteiger partial charge in [-0.3, -0.25) is 0 Å². The van der Waals surface area contributed by atoms with Gasteiger partial charge in [0.2, 0.25) is 0 Å². The molecule has 14 heavy (non-hydrogen) atoms. The molecule has 1 saturated carbocycles. The molecule has 0 bridgehead atoms. The molecule has 1 aliphatic carbocycles. The standard InChI is InChI=1S/C11H18O3/c1-8(2)9(10(12)13)11(14)6-4-3-5-7-11/h14H,3-7H2,1-2H3,(H,12,13). The summed E-state index contributed by atoms with van der Waals surface area (Å²) in [7, 11) is 0. The van der Waals surface area contributed by atoms with Gasteiger partial charge < -0.3 is 10.2 Å². The predicted molar refractivity (Wildman–Crippen MR) is 54.0 cm³/mol. The number of aliphatic carboxylic acids is 1. The lowest BCUT2D eigenvalue weighted by Crippen LogP contribution is -2.37. The first-order valence-corrected chi connectivity index (χ1v) is 5.11. The minimum atomic E-state index is -1.08. The fourth-order valence-corrected chi connectivity index (χ4v) is 2.26. The van der Waals surface area contributed by atoms with Gasteiger partial charge in [0.15, 0.2) is 0 Å². The Morgan fingerprint density at radius 1 is 1.14 bits per heavy atom. The molecule has 3 nitrogen and oxygen atoms in total. The lowest BCUT2D eigenvalue weighted by Gasteiger charge is -2.33. The number of hydrogen-bond acceptors (Lipinski definition) is 2. The van der Waals surface area contributed by atoms with E-state index in [-0.39, 0.29) is 5.57 Å². The summed E-state index contributed by atoms with van der Waals surface area (Å²) in [6, 6.07) is 0. The Morgan fingerprint density at radius 3 is 2.00 bits per heavy atom. The van der Waals surface area contributed by atoms with E-state index in [0.29, 0.717) is 18.4 Å². The van der Waals surface area contributed by atoms with E-state index in [1.165, 1.54) is 0 Å². The summed E-state index contributed by atoms with van der Waals surface area (Å²) in [5.41, 5.74) is -0.165. The van der Waals surface area contributed by atoms with Gasteiger partial charge in [-0.15, -0.1) is 0 Å². The fourth-order valence-electron chi connectivity index (χ4n) is 2.26. The van der Waals surface area contributed by atoms with Crippen LogP contribution in [0.25, 0.3) is 0 Å². The number of allylic oxidation sites excluding steroid dienone is 1. The monoisotopic (exact) mass is 198 g/mol. The molecule has 0 aromatic rings. The van der Waals surface area contributed by atoms with Crippen LogP contribution in [0.1, 0.15) is 46.0 Å². The smallest absolute Gasteiger partial charge is 0.334 e. The highest BCUT2D eigenvalue weighted by atomic mass is 16.4. The fraction of sp³-hybridized carbons (Fsp3) is 0.727. The highest BCUT2D eigenvalue weighted by Gasteiger charge is 2.37. The molecule has 0 unspecified atom stereocenters. The van der Waals surface area contributed by atoms with Crippen LogP contribution >= 0.6 is 0 Å². The molecule has 0 atom stereocenters. The molecule has 80 valence electrons. The van der Waals surface area contributed by atoms with E-state index in [9.17, 15) is 9.90 Å². The molecule has 0 heterocycles. The van der Waals surface area contributed by atoms with Gasteiger partial charge in [0.1, 0.15) is 0 Å². The highest BCUT2D eigenvalue weighted by Crippen LogP contribution is 2.35. The summed E-state index contributed by atoms with van der Waals surface area (Å²) >= 11 is 0. The van der Waals surface area contributed by atoms with Gasteiger partial charge in [0.25, 0.3) is 0 Å². The zero-order chi connectivity index (χ0) is 10.8. The Labute approximate surface area is 84.4 Å². The normalized spacial score (nSPS) is 20.2. The molecule has 0 aromatic heterocycles. The van der Waals surface area contributed by atoms with Gasteiger partial charge in [0.05, 0.1) is 11.2 Å². The Morgan fingerprint density at radius 2 is 1.64 bits per heavy atom. The average Bonchev–Trinajstić information content (AvgIpc) is 2.02. The van der Waals surface area contributed by atoms with Crippen LogP contribution in [0.5, 0.6) is 0 Å². The van der Waals surface area contributed by atoms with Crippen molar-refractivity contribution in [3.8, 4) is 0 Å². The van der Waals surface area contributed by atoms with Crippen molar-refractivity contribution in [2.24, 2.45) is 0 Å². The summed E-state index contributed by atoms with van der Waals surface area (Å²) in [6.45, 7) is 3.49. The van der Waals surface area contributed by atoms with Gasteiger partial charge in [-0.1, -0.05) is 24.8 Å². The van der Waals surface area contributed by atoms with E-state index in [4.69, 9.17) is 5.11 Å². The number of carbonyl (C=O) groups is 1. The molecule has 0 saturated heterocycles. The van der Waals surface area contributed by atoms with Crippen LogP contribution < -0.4 is 0 Å². The van der Waals surface area contributed by atoms with Crippen LogP contribution in [0.4, 0.5) is 0 Å². The molecule has 0 aromatic carbocycles. The van der Waals surface area contributed by atoms with Crippen molar-refractivity contribution in [3.05, 3.63) is 11.1 Å². The van der Waals surface area contributed by atoms with Crippen molar-refractivity contribution in [3.63, 3.8) is 0 Å². The van der Waals surface area contributed by atoms with E-state index in [1.807, 2.05) is 0 Å². The molecule has 3 heteroatoms. The van der Waals surface area contributed by atoms with Crippen LogP contribution in [0.15, 0.2) is 11.1 Å². The molecule has 0 amide bonds. The van der Waals surface area contributed by atoms with Crippen molar-refractivity contribution in [2.45, 2.75) is 51.6 Å². The summed E-state index contributed by atoms with van der Waals surface area (Å²) in [6.07, 6.45) is 4.10. The maximum Gasteiger partial charge on any atom is 0.334 e. The van der Waals surface area contributed by atoms with Crippen molar-refractivity contribution in [1.29, 1.82) is 0 Å². The molecule has 0 aliphatic heterocycles. The molecule has 0 spiro atoms. The number of rotatable bonds is 2. The first-order valence-electron chi connectivity index (χ1n) is 5.11. The molecule has 2 N–H and O–H groups in total. The topological polar surface area (TPSA) is 57.5 Å². The molecular formula is C11H18O3. The van der Waals surface area contributed by atoms with Crippen molar-refractivity contribution < 1.29 is 15.0 Å². The third-order valence-corrected chi connectivity index (χ3v) is 2.86. The Bertz CT molecular complexity index is 256. The van der Waals surface area contributed by atoms with E-state index >= 15 is 0 Å². The van der Waals surface area contributed by atoms with Crippen LogP contribution in [0.2, 0.25) is 0 Å². The zero-order valence-corrected chi connectivity index (χ0v) is 8.84. The zero-order valence-electron chi connectivity index (χ0n) is 8.84.